The molecule has 0 bridgehead atoms. The maximum Gasteiger partial charge on any atom is 0.227 e. The Bertz CT molecular complexity index is 3510. The molecule has 0 fully saturated rings. The maximum atomic E-state index is 6.63. The highest BCUT2D eigenvalue weighted by Gasteiger charge is 2.21. The third kappa shape index (κ3) is 5.18. The van der Waals surface area contributed by atoms with Gasteiger partial charge in [-0.25, -0.2) is 4.98 Å². The summed E-state index contributed by atoms with van der Waals surface area (Å²) in [5.74, 6) is 0.606. The number of hydrogen-bond acceptors (Lipinski definition) is 4. The first-order chi connectivity index (χ1) is 28.7. The third-order valence-corrected chi connectivity index (χ3v) is 12.6. The number of anilines is 3. The van der Waals surface area contributed by atoms with E-state index < -0.39 is 0 Å². The van der Waals surface area contributed by atoms with Crippen molar-refractivity contribution >= 4 is 92.2 Å². The van der Waals surface area contributed by atoms with Crippen LogP contribution in [0.2, 0.25) is 0 Å². The van der Waals surface area contributed by atoms with Crippen molar-refractivity contribution in [2.45, 2.75) is 0 Å². The third-order valence-electron chi connectivity index (χ3n) is 11.4. The number of fused-ring (bicyclic) bond motifs is 9. The molecule has 3 aromatic heterocycles. The van der Waals surface area contributed by atoms with Crippen LogP contribution in [0.15, 0.2) is 205 Å². The number of hydrogen-bond donors (Lipinski definition) is 0. The highest BCUT2D eigenvalue weighted by atomic mass is 32.1. The molecule has 0 aliphatic rings. The zero-order chi connectivity index (χ0) is 38.2. The van der Waals surface area contributed by atoms with E-state index in [-0.39, 0.29) is 0 Å². The molecule has 0 aliphatic carbocycles. The molecular weight excluding hydrogens is 727 g/mol. The van der Waals surface area contributed by atoms with Gasteiger partial charge in [0.2, 0.25) is 5.89 Å². The normalized spacial score (nSPS) is 11.8. The van der Waals surface area contributed by atoms with E-state index in [1.54, 1.807) is 0 Å². The molecule has 0 spiro atoms. The fourth-order valence-electron chi connectivity index (χ4n) is 8.70. The quantitative estimate of drug-likeness (QED) is 0.169. The zero-order valence-electron chi connectivity index (χ0n) is 31.2. The molecule has 272 valence electrons. The Morgan fingerprint density at radius 3 is 2.05 bits per heavy atom. The lowest BCUT2D eigenvalue weighted by atomic mass is 10.0. The van der Waals surface area contributed by atoms with E-state index in [0.717, 1.165) is 45.0 Å². The second-order valence-electron chi connectivity index (χ2n) is 14.8. The van der Waals surface area contributed by atoms with E-state index in [1.165, 1.54) is 58.3 Å². The van der Waals surface area contributed by atoms with Gasteiger partial charge in [-0.1, -0.05) is 115 Å². The van der Waals surface area contributed by atoms with E-state index in [2.05, 4.69) is 173 Å². The summed E-state index contributed by atoms with van der Waals surface area (Å²) in [6, 6.07) is 71.5. The maximum absolute atomic E-state index is 6.63. The van der Waals surface area contributed by atoms with Crippen molar-refractivity contribution in [3.8, 4) is 28.3 Å². The average molecular weight is 760 g/mol. The number of rotatable bonds is 6. The van der Waals surface area contributed by atoms with Crippen LogP contribution in [0.5, 0.6) is 0 Å². The van der Waals surface area contributed by atoms with E-state index in [4.69, 9.17) is 9.40 Å². The molecule has 0 amide bonds. The Kier molecular flexibility index (Phi) is 7.37. The van der Waals surface area contributed by atoms with Gasteiger partial charge < -0.3 is 13.9 Å². The van der Waals surface area contributed by atoms with Crippen LogP contribution in [0.4, 0.5) is 17.1 Å². The van der Waals surface area contributed by atoms with Crippen LogP contribution in [-0.2, 0) is 0 Å². The molecule has 3 heterocycles. The molecular formula is C53H33N3OS. The molecule has 0 unspecified atom stereocenters. The monoisotopic (exact) mass is 759 g/mol. The number of benzene rings is 9. The van der Waals surface area contributed by atoms with Crippen molar-refractivity contribution < 1.29 is 4.42 Å². The van der Waals surface area contributed by atoms with E-state index in [9.17, 15) is 0 Å². The molecule has 5 heteroatoms. The van der Waals surface area contributed by atoms with Crippen LogP contribution in [0.1, 0.15) is 0 Å². The molecule has 12 aromatic rings. The van der Waals surface area contributed by atoms with E-state index in [0.29, 0.717) is 5.89 Å². The predicted octanol–water partition coefficient (Wildman–Crippen LogP) is 15.2. The second kappa shape index (κ2) is 13.1. The summed E-state index contributed by atoms with van der Waals surface area (Å²) in [7, 11) is 0. The van der Waals surface area contributed by atoms with Crippen LogP contribution in [-0.4, -0.2) is 9.55 Å². The molecule has 12 rings (SSSR count). The van der Waals surface area contributed by atoms with Crippen molar-refractivity contribution in [3.05, 3.63) is 200 Å². The van der Waals surface area contributed by atoms with Crippen LogP contribution in [0, 0.1) is 0 Å². The van der Waals surface area contributed by atoms with Crippen LogP contribution in [0.3, 0.4) is 0 Å². The fraction of sp³-hybridized carbons (Fsp3) is 0. The first-order valence-corrected chi connectivity index (χ1v) is 20.4. The summed E-state index contributed by atoms with van der Waals surface area (Å²) >= 11 is 1.83. The summed E-state index contributed by atoms with van der Waals surface area (Å²) in [5, 5.41) is 7.46. The van der Waals surface area contributed by atoms with Crippen LogP contribution >= 0.6 is 11.3 Å². The molecule has 0 radical (unpaired) electrons. The minimum absolute atomic E-state index is 0.606. The topological polar surface area (TPSA) is 34.2 Å². The lowest BCUT2D eigenvalue weighted by Crippen LogP contribution is -2.10. The molecule has 0 N–H and O–H groups in total. The van der Waals surface area contributed by atoms with Crippen molar-refractivity contribution in [1.82, 2.24) is 9.55 Å². The number of aromatic nitrogens is 2. The summed E-state index contributed by atoms with van der Waals surface area (Å²) in [5.41, 5.74) is 11.4. The molecule has 0 saturated heterocycles. The molecule has 0 aliphatic heterocycles. The molecule has 4 nitrogen and oxygen atoms in total. The molecule has 58 heavy (non-hydrogen) atoms. The Balaban J connectivity index is 1.02. The van der Waals surface area contributed by atoms with E-state index in [1.807, 2.05) is 47.7 Å². The molecule has 0 saturated carbocycles. The van der Waals surface area contributed by atoms with Crippen molar-refractivity contribution in [3.63, 3.8) is 0 Å². The van der Waals surface area contributed by atoms with Gasteiger partial charge >= 0.3 is 0 Å². The molecule has 0 atom stereocenters. The summed E-state index contributed by atoms with van der Waals surface area (Å²) in [4.78, 5) is 7.25. The Labute approximate surface area is 338 Å². The minimum Gasteiger partial charge on any atom is -0.434 e. The highest BCUT2D eigenvalue weighted by molar-refractivity contribution is 7.25. The summed E-state index contributed by atoms with van der Waals surface area (Å²) in [6.07, 6.45) is 0. The van der Waals surface area contributed by atoms with Crippen molar-refractivity contribution in [2.24, 2.45) is 0 Å². The molecule has 9 aromatic carbocycles. The first kappa shape index (κ1) is 32.7. The zero-order valence-corrected chi connectivity index (χ0v) is 32.0. The van der Waals surface area contributed by atoms with E-state index >= 15 is 0 Å². The number of thiophene rings is 1. The summed E-state index contributed by atoms with van der Waals surface area (Å²) < 4.78 is 11.6. The van der Waals surface area contributed by atoms with Crippen molar-refractivity contribution in [2.75, 3.05) is 4.90 Å². The van der Waals surface area contributed by atoms with Crippen molar-refractivity contribution in [1.29, 1.82) is 0 Å². The van der Waals surface area contributed by atoms with Gasteiger partial charge in [-0.15, -0.1) is 11.3 Å². The Morgan fingerprint density at radius 1 is 0.466 bits per heavy atom. The Hall–Kier alpha value is -7.47. The highest BCUT2D eigenvalue weighted by Crippen LogP contribution is 2.44. The largest absolute Gasteiger partial charge is 0.434 e. The number of oxazole rings is 1. The first-order valence-electron chi connectivity index (χ1n) is 19.5. The fourth-order valence-corrected chi connectivity index (χ4v) is 9.79. The Morgan fingerprint density at radius 2 is 1.19 bits per heavy atom. The van der Waals surface area contributed by atoms with Gasteiger partial charge in [-0.3, -0.25) is 0 Å². The SMILES string of the molecule is c1ccc(-c2nc3cccc(N(c4ccc(-c5ccc6c(c5)c5ccc7ccccc7c5n6-c5ccccc5)cc4)c4ccc5sc6ccccc6c5c4)c3o2)cc1. The van der Waals surface area contributed by atoms with Gasteiger partial charge in [0.15, 0.2) is 5.58 Å². The van der Waals surface area contributed by atoms with Gasteiger partial charge in [0, 0.05) is 59.0 Å². The van der Waals surface area contributed by atoms with Crippen LogP contribution < -0.4 is 4.90 Å². The van der Waals surface area contributed by atoms with Gasteiger partial charge in [-0.2, -0.15) is 0 Å². The van der Waals surface area contributed by atoms with Crippen LogP contribution in [0.25, 0.3) is 92.1 Å². The second-order valence-corrected chi connectivity index (χ2v) is 15.8. The number of para-hydroxylation sites is 2. The van der Waals surface area contributed by atoms with Gasteiger partial charge in [0.1, 0.15) is 5.52 Å². The summed E-state index contributed by atoms with van der Waals surface area (Å²) in [6.45, 7) is 0. The minimum atomic E-state index is 0.606. The lowest BCUT2D eigenvalue weighted by molar-refractivity contribution is 0.620. The predicted molar refractivity (Wildman–Crippen MR) is 244 cm³/mol. The smallest absolute Gasteiger partial charge is 0.227 e. The number of nitrogens with zero attached hydrogens (tertiary/aromatic N) is 3. The standard InChI is InChI=1S/C53H33N3OS/c1-3-13-36(14-4-1)53-54-46-19-11-20-48(52(46)57-53)55(40-28-31-50-45(33-40)42-18-9-10-21-49(42)58-50)39-26-22-34(23-27-39)37-25-30-47-44(32-37)43-29-24-35-12-7-8-17-41(35)51(43)56(47)38-15-5-2-6-16-38/h1-33H. The van der Waals surface area contributed by atoms with Gasteiger partial charge in [0.05, 0.1) is 16.7 Å². The average Bonchev–Trinajstić information content (AvgIpc) is 4.00. The van der Waals surface area contributed by atoms with Gasteiger partial charge in [0.25, 0.3) is 0 Å². The van der Waals surface area contributed by atoms with Gasteiger partial charge in [-0.05, 0) is 101 Å². The lowest BCUT2D eigenvalue weighted by Gasteiger charge is -2.25.